The molecule has 4 rings (SSSR count). The average Bonchev–Trinajstić information content (AvgIpc) is 3.14. The van der Waals surface area contributed by atoms with Crippen molar-refractivity contribution in [1.82, 2.24) is 9.88 Å². The molecule has 3 aromatic rings. The van der Waals surface area contributed by atoms with Crippen LogP contribution in [0.25, 0.3) is 10.9 Å². The van der Waals surface area contributed by atoms with Gasteiger partial charge in [-0.3, -0.25) is 4.79 Å². The molecule has 1 amide bonds. The van der Waals surface area contributed by atoms with E-state index in [9.17, 15) is 13.2 Å². The molecule has 1 aliphatic rings. The number of benzene rings is 2. The first-order chi connectivity index (χ1) is 15.9. The lowest BCUT2D eigenvalue weighted by Gasteiger charge is -2.37. The minimum Gasteiger partial charge on any atom is -0.495 e. The van der Waals surface area contributed by atoms with Crippen LogP contribution < -0.4 is 9.64 Å². The van der Waals surface area contributed by atoms with Gasteiger partial charge in [0.1, 0.15) is 10.8 Å². The second-order valence-corrected chi connectivity index (χ2v) is 12.5. The van der Waals surface area contributed by atoms with Gasteiger partial charge in [0, 0.05) is 42.1 Å². The van der Waals surface area contributed by atoms with Crippen LogP contribution in [0.3, 0.4) is 0 Å². The van der Waals surface area contributed by atoms with Gasteiger partial charge in [-0.15, -0.1) is 0 Å². The first-order valence-corrected chi connectivity index (χ1v) is 13.2. The van der Waals surface area contributed by atoms with Crippen LogP contribution in [-0.2, 0) is 14.6 Å². The number of methoxy groups -OCH3 is 1. The van der Waals surface area contributed by atoms with Crippen LogP contribution in [0.5, 0.6) is 5.75 Å². The third kappa shape index (κ3) is 4.66. The number of halogens is 4. The minimum atomic E-state index is -3.87. The number of piperazine rings is 1. The lowest BCUT2D eigenvalue weighted by molar-refractivity contribution is -0.130. The summed E-state index contributed by atoms with van der Waals surface area (Å²) in [6, 6.07) is 9.90. The number of fused-ring (bicyclic) bond motifs is 1. The monoisotopic (exact) mass is 563 g/mol. The van der Waals surface area contributed by atoms with Crippen LogP contribution in [0.1, 0.15) is 5.56 Å². The fourth-order valence-corrected chi connectivity index (χ4v) is 6.11. The third-order valence-electron chi connectivity index (χ3n) is 5.85. The van der Waals surface area contributed by atoms with Gasteiger partial charge >= 0.3 is 0 Å². The predicted octanol–water partition coefficient (Wildman–Crippen LogP) is 4.99. The molecular formula is C22H21Cl4N3O4S. The molecule has 1 aliphatic heterocycles. The zero-order valence-corrected chi connectivity index (χ0v) is 22.1. The molecule has 1 aromatic heterocycles. The van der Waals surface area contributed by atoms with Gasteiger partial charge in [0.25, 0.3) is 9.70 Å². The molecule has 0 unspecified atom stereocenters. The van der Waals surface area contributed by atoms with Crippen LogP contribution in [0.2, 0.25) is 5.02 Å². The largest absolute Gasteiger partial charge is 0.495 e. The summed E-state index contributed by atoms with van der Waals surface area (Å²) in [6.45, 7) is 3.20. The first kappa shape index (κ1) is 25.3. The number of ether oxygens (including phenoxy) is 1. The SMILES string of the molecule is COc1ccc(S(=O)(=O)c2[nH]c3ccc(Cl)cc3c2C)cc1N1CCN(C(=O)C(Cl)(Cl)Cl)CC1. The normalized spacial score (nSPS) is 15.1. The molecule has 2 heterocycles. The molecule has 0 spiro atoms. The first-order valence-electron chi connectivity index (χ1n) is 10.3. The Hall–Kier alpha value is -1.84. The summed E-state index contributed by atoms with van der Waals surface area (Å²) in [4.78, 5) is 18.8. The maximum atomic E-state index is 13.6. The molecule has 34 heavy (non-hydrogen) atoms. The molecule has 0 saturated carbocycles. The number of aromatic nitrogens is 1. The number of rotatable bonds is 4. The molecular weight excluding hydrogens is 544 g/mol. The molecule has 7 nitrogen and oxygen atoms in total. The average molecular weight is 565 g/mol. The van der Waals surface area contributed by atoms with E-state index >= 15 is 0 Å². The second kappa shape index (κ2) is 9.32. The highest BCUT2D eigenvalue weighted by molar-refractivity contribution is 7.91. The summed E-state index contributed by atoms with van der Waals surface area (Å²) in [5, 5.41) is 1.38. The predicted molar refractivity (Wildman–Crippen MR) is 136 cm³/mol. The summed E-state index contributed by atoms with van der Waals surface area (Å²) in [7, 11) is -2.36. The van der Waals surface area contributed by atoms with E-state index in [1.54, 1.807) is 37.3 Å². The summed E-state index contributed by atoms with van der Waals surface area (Å²) in [6.07, 6.45) is 0. The van der Waals surface area contributed by atoms with E-state index in [4.69, 9.17) is 51.1 Å². The van der Waals surface area contributed by atoms with Crippen LogP contribution >= 0.6 is 46.4 Å². The lowest BCUT2D eigenvalue weighted by atomic mass is 10.2. The Morgan fingerprint density at radius 1 is 1.06 bits per heavy atom. The quantitative estimate of drug-likeness (QED) is 0.451. The van der Waals surface area contributed by atoms with Crippen LogP contribution in [-0.4, -0.2) is 61.3 Å². The molecule has 0 atom stereocenters. The topological polar surface area (TPSA) is 82.7 Å². The molecule has 1 fully saturated rings. The standard InChI is InChI=1S/C22H21Cl4N3O4S/c1-13-16-11-14(23)3-5-17(16)27-20(13)34(31,32)15-4-6-19(33-2)18(12-15)28-7-9-29(10-8-28)21(30)22(24,25)26/h3-6,11-12,27H,7-10H2,1-2H3. The number of amides is 1. The number of sulfone groups is 1. The molecule has 12 heteroatoms. The molecule has 182 valence electrons. The van der Waals surface area contributed by atoms with Gasteiger partial charge in [0.15, 0.2) is 0 Å². The fourth-order valence-electron chi connectivity index (χ4n) is 4.07. The number of aryl methyl sites for hydroxylation is 1. The number of alkyl halides is 3. The Balaban J connectivity index is 1.67. The van der Waals surface area contributed by atoms with Gasteiger partial charge in [0.2, 0.25) is 9.84 Å². The summed E-state index contributed by atoms with van der Waals surface area (Å²) in [5.41, 5.74) is 1.87. The molecule has 0 bridgehead atoms. The molecule has 1 N–H and O–H groups in total. The number of aromatic amines is 1. The number of carbonyl (C=O) groups is 1. The molecule has 1 saturated heterocycles. The number of H-pyrrole nitrogens is 1. The van der Waals surface area contributed by atoms with Crippen molar-refractivity contribution < 1.29 is 17.9 Å². The van der Waals surface area contributed by atoms with Gasteiger partial charge in [-0.1, -0.05) is 46.4 Å². The highest BCUT2D eigenvalue weighted by Crippen LogP contribution is 2.36. The van der Waals surface area contributed by atoms with Crippen molar-refractivity contribution in [2.45, 2.75) is 20.6 Å². The number of nitrogens with one attached hydrogen (secondary N) is 1. The second-order valence-electron chi connectivity index (χ2n) is 7.88. The van der Waals surface area contributed by atoms with Crippen molar-refractivity contribution >= 4 is 78.7 Å². The number of anilines is 1. The van der Waals surface area contributed by atoms with E-state index in [2.05, 4.69) is 4.98 Å². The fraction of sp³-hybridized carbons (Fsp3) is 0.318. The Morgan fingerprint density at radius 2 is 1.74 bits per heavy atom. The highest BCUT2D eigenvalue weighted by atomic mass is 35.6. The van der Waals surface area contributed by atoms with E-state index in [-0.39, 0.29) is 9.92 Å². The van der Waals surface area contributed by atoms with Crippen LogP contribution in [0.15, 0.2) is 46.3 Å². The van der Waals surface area contributed by atoms with Crippen LogP contribution in [0.4, 0.5) is 5.69 Å². The summed E-state index contributed by atoms with van der Waals surface area (Å²) in [5.74, 6) is -0.0740. The highest BCUT2D eigenvalue weighted by Gasteiger charge is 2.37. The number of hydrogen-bond acceptors (Lipinski definition) is 5. The van der Waals surface area contributed by atoms with Crippen LogP contribution in [0, 0.1) is 6.92 Å². The van der Waals surface area contributed by atoms with Gasteiger partial charge in [-0.2, -0.15) is 0 Å². The number of hydrogen-bond donors (Lipinski definition) is 1. The van der Waals surface area contributed by atoms with Crippen molar-refractivity contribution in [2.75, 3.05) is 38.2 Å². The van der Waals surface area contributed by atoms with E-state index < -0.39 is 19.5 Å². The molecule has 0 radical (unpaired) electrons. The van der Waals surface area contributed by atoms with Gasteiger partial charge < -0.3 is 19.5 Å². The Bertz CT molecular complexity index is 1360. The van der Waals surface area contributed by atoms with Crippen molar-refractivity contribution in [3.63, 3.8) is 0 Å². The number of nitrogens with zero attached hydrogens (tertiary/aromatic N) is 2. The van der Waals surface area contributed by atoms with Gasteiger partial charge in [0.05, 0.1) is 17.7 Å². The minimum absolute atomic E-state index is 0.110. The van der Waals surface area contributed by atoms with E-state index in [1.807, 2.05) is 4.90 Å². The Labute approximate surface area is 217 Å². The van der Waals surface area contributed by atoms with E-state index in [0.717, 1.165) is 5.39 Å². The maximum absolute atomic E-state index is 13.6. The third-order valence-corrected chi connectivity index (χ3v) is 8.39. The Kier molecular flexibility index (Phi) is 6.92. The molecule has 2 aromatic carbocycles. The maximum Gasteiger partial charge on any atom is 0.274 e. The van der Waals surface area contributed by atoms with Crippen molar-refractivity contribution in [3.05, 3.63) is 47.0 Å². The number of carbonyl (C=O) groups excluding carboxylic acids is 1. The smallest absolute Gasteiger partial charge is 0.274 e. The van der Waals surface area contributed by atoms with Gasteiger partial charge in [-0.25, -0.2) is 8.42 Å². The van der Waals surface area contributed by atoms with Crippen molar-refractivity contribution in [3.8, 4) is 5.75 Å². The summed E-state index contributed by atoms with van der Waals surface area (Å²) >= 11 is 23.3. The van der Waals surface area contributed by atoms with Crippen molar-refractivity contribution in [2.24, 2.45) is 0 Å². The lowest BCUT2D eigenvalue weighted by Crippen LogP contribution is -2.51. The zero-order chi connectivity index (χ0) is 24.8. The molecule has 0 aliphatic carbocycles. The van der Waals surface area contributed by atoms with Gasteiger partial charge in [-0.05, 0) is 48.9 Å². The summed E-state index contributed by atoms with van der Waals surface area (Å²) < 4.78 is 30.6. The van der Waals surface area contributed by atoms with Crippen molar-refractivity contribution in [1.29, 1.82) is 0 Å². The van der Waals surface area contributed by atoms with E-state index in [1.165, 1.54) is 18.1 Å². The van der Waals surface area contributed by atoms with E-state index in [0.29, 0.717) is 53.7 Å². The Morgan fingerprint density at radius 3 is 2.35 bits per heavy atom. The zero-order valence-electron chi connectivity index (χ0n) is 18.2.